The molecular formula is C22H23Cl3N4O3. The second-order valence-corrected chi connectivity index (χ2v) is 8.27. The summed E-state index contributed by atoms with van der Waals surface area (Å²) in [5, 5.41) is 11.4. The van der Waals surface area contributed by atoms with Gasteiger partial charge in [-0.1, -0.05) is 47.5 Å². The molecule has 0 saturated carbocycles. The van der Waals surface area contributed by atoms with Crippen molar-refractivity contribution in [2.75, 3.05) is 26.2 Å². The number of carbonyl (C=O) groups excluding carboxylic acids is 2. The van der Waals surface area contributed by atoms with Gasteiger partial charge in [-0.15, -0.1) is 12.4 Å². The Bertz CT molecular complexity index is 1030. The zero-order valence-corrected chi connectivity index (χ0v) is 19.4. The number of benzene rings is 2. The van der Waals surface area contributed by atoms with Crippen molar-refractivity contribution in [3.8, 4) is 0 Å². The number of nitrogens with one attached hydrogen (secondary N) is 3. The van der Waals surface area contributed by atoms with Gasteiger partial charge in [-0.3, -0.25) is 9.59 Å². The van der Waals surface area contributed by atoms with Gasteiger partial charge in [-0.2, -0.15) is 5.10 Å². The van der Waals surface area contributed by atoms with Crippen molar-refractivity contribution in [2.24, 2.45) is 11.0 Å². The van der Waals surface area contributed by atoms with Gasteiger partial charge in [0.05, 0.1) is 34.9 Å². The molecule has 4 rings (SSSR count). The van der Waals surface area contributed by atoms with Gasteiger partial charge in [-0.05, 0) is 23.8 Å². The lowest BCUT2D eigenvalue weighted by molar-refractivity contribution is -0.119. The van der Waals surface area contributed by atoms with Crippen molar-refractivity contribution in [3.63, 3.8) is 0 Å². The van der Waals surface area contributed by atoms with Gasteiger partial charge in [0.2, 0.25) is 5.91 Å². The molecule has 0 aromatic heterocycles. The van der Waals surface area contributed by atoms with Crippen LogP contribution in [0.5, 0.6) is 0 Å². The molecule has 0 bridgehead atoms. The number of hydrogen-bond acceptors (Lipinski definition) is 5. The molecule has 2 aromatic carbocycles. The summed E-state index contributed by atoms with van der Waals surface area (Å²) >= 11 is 12.3. The number of ether oxygens (including phenoxy) is 1. The first kappa shape index (κ1) is 24.5. The van der Waals surface area contributed by atoms with Crippen molar-refractivity contribution in [3.05, 3.63) is 69.2 Å². The number of rotatable bonds is 5. The molecule has 170 valence electrons. The molecule has 3 N–H and O–H groups in total. The summed E-state index contributed by atoms with van der Waals surface area (Å²) in [7, 11) is 0. The molecule has 2 aliphatic heterocycles. The molecule has 2 heterocycles. The Morgan fingerprint density at radius 1 is 1.19 bits per heavy atom. The SMILES string of the molecule is Cl.O=C1CC(c2ccccc2C(=O)NC[C@@H]2CNCCO[C@H]2c2ccc(Cl)c(Cl)c2)=NN1. The van der Waals surface area contributed by atoms with E-state index in [-0.39, 0.29) is 42.7 Å². The third kappa shape index (κ3) is 5.60. The third-order valence-electron chi connectivity index (χ3n) is 5.33. The number of hydrazone groups is 1. The fourth-order valence-corrected chi connectivity index (χ4v) is 4.10. The van der Waals surface area contributed by atoms with Crippen molar-refractivity contribution in [2.45, 2.75) is 12.5 Å². The van der Waals surface area contributed by atoms with E-state index in [0.29, 0.717) is 46.6 Å². The van der Waals surface area contributed by atoms with Crippen molar-refractivity contribution < 1.29 is 14.3 Å². The van der Waals surface area contributed by atoms with Gasteiger partial charge < -0.3 is 15.4 Å². The maximum Gasteiger partial charge on any atom is 0.251 e. The van der Waals surface area contributed by atoms with E-state index in [1.807, 2.05) is 18.2 Å². The van der Waals surface area contributed by atoms with E-state index in [4.69, 9.17) is 27.9 Å². The lowest BCUT2D eigenvalue weighted by atomic mass is 9.95. The van der Waals surface area contributed by atoms with E-state index in [1.54, 1.807) is 24.3 Å². The minimum Gasteiger partial charge on any atom is -0.372 e. The topological polar surface area (TPSA) is 91.8 Å². The van der Waals surface area contributed by atoms with Gasteiger partial charge in [0, 0.05) is 36.7 Å². The van der Waals surface area contributed by atoms with E-state index < -0.39 is 0 Å². The maximum atomic E-state index is 13.0. The van der Waals surface area contributed by atoms with E-state index in [9.17, 15) is 9.59 Å². The third-order valence-corrected chi connectivity index (χ3v) is 6.07. The predicted molar refractivity (Wildman–Crippen MR) is 127 cm³/mol. The summed E-state index contributed by atoms with van der Waals surface area (Å²) < 4.78 is 6.07. The first-order chi connectivity index (χ1) is 15.0. The molecule has 0 spiro atoms. The highest BCUT2D eigenvalue weighted by Crippen LogP contribution is 2.32. The number of halogens is 3. The summed E-state index contributed by atoms with van der Waals surface area (Å²) in [6, 6.07) is 12.6. The number of carbonyl (C=O) groups is 2. The second kappa shape index (κ2) is 11.1. The van der Waals surface area contributed by atoms with Crippen LogP contribution in [0, 0.1) is 5.92 Å². The van der Waals surface area contributed by atoms with Crippen LogP contribution in [-0.4, -0.2) is 43.8 Å². The molecule has 2 aliphatic rings. The molecule has 32 heavy (non-hydrogen) atoms. The first-order valence-electron chi connectivity index (χ1n) is 10.0. The lowest BCUT2D eigenvalue weighted by Gasteiger charge is -2.26. The van der Waals surface area contributed by atoms with Crippen molar-refractivity contribution in [1.29, 1.82) is 0 Å². The molecule has 2 atom stereocenters. The van der Waals surface area contributed by atoms with Crippen LogP contribution in [0.1, 0.15) is 34.0 Å². The van der Waals surface area contributed by atoms with Gasteiger partial charge >= 0.3 is 0 Å². The summed E-state index contributed by atoms with van der Waals surface area (Å²) in [4.78, 5) is 24.5. The highest BCUT2D eigenvalue weighted by Gasteiger charge is 2.28. The molecule has 2 aromatic rings. The molecular weight excluding hydrogens is 475 g/mol. The summed E-state index contributed by atoms with van der Waals surface area (Å²) in [6.07, 6.45) is -0.0780. The van der Waals surface area contributed by atoms with Crippen LogP contribution >= 0.6 is 35.6 Å². The molecule has 1 fully saturated rings. The predicted octanol–water partition coefficient (Wildman–Crippen LogP) is 3.35. The van der Waals surface area contributed by atoms with Crippen molar-refractivity contribution >= 4 is 53.1 Å². The molecule has 0 unspecified atom stereocenters. The normalized spacial score (nSPS) is 20.6. The number of nitrogens with zero attached hydrogens (tertiary/aromatic N) is 1. The molecule has 2 amide bonds. The molecule has 0 aliphatic carbocycles. The van der Waals surface area contributed by atoms with Crippen LogP contribution < -0.4 is 16.1 Å². The summed E-state index contributed by atoms with van der Waals surface area (Å²) in [5.41, 5.74) is 5.03. The molecule has 10 heteroatoms. The monoisotopic (exact) mass is 496 g/mol. The number of hydrogen-bond donors (Lipinski definition) is 3. The Morgan fingerprint density at radius 3 is 2.75 bits per heavy atom. The quantitative estimate of drug-likeness (QED) is 0.591. The van der Waals surface area contributed by atoms with Gasteiger partial charge in [0.15, 0.2) is 0 Å². The van der Waals surface area contributed by atoms with Crippen LogP contribution in [0.4, 0.5) is 0 Å². The van der Waals surface area contributed by atoms with Crippen molar-refractivity contribution in [1.82, 2.24) is 16.1 Å². The van der Waals surface area contributed by atoms with Gasteiger partial charge in [0.25, 0.3) is 5.91 Å². The highest BCUT2D eigenvalue weighted by atomic mass is 35.5. The zero-order chi connectivity index (χ0) is 21.8. The van der Waals surface area contributed by atoms with E-state index in [1.165, 1.54) is 0 Å². The molecule has 1 saturated heterocycles. The fraction of sp³-hybridized carbons (Fsp3) is 0.318. The van der Waals surface area contributed by atoms with E-state index in [0.717, 1.165) is 12.1 Å². The fourth-order valence-electron chi connectivity index (χ4n) is 3.79. The minimum atomic E-state index is -0.235. The van der Waals surface area contributed by atoms with Crippen LogP contribution in [0.15, 0.2) is 47.6 Å². The van der Waals surface area contributed by atoms with Crippen LogP contribution in [0.25, 0.3) is 0 Å². The van der Waals surface area contributed by atoms with Gasteiger partial charge in [-0.25, -0.2) is 5.43 Å². The Hall–Kier alpha value is -2.16. The van der Waals surface area contributed by atoms with Gasteiger partial charge in [0.1, 0.15) is 0 Å². The van der Waals surface area contributed by atoms with E-state index >= 15 is 0 Å². The first-order valence-corrected chi connectivity index (χ1v) is 10.8. The van der Waals surface area contributed by atoms with Crippen LogP contribution in [0.2, 0.25) is 10.0 Å². The molecule has 0 radical (unpaired) electrons. The van der Waals surface area contributed by atoms with Crippen LogP contribution in [-0.2, 0) is 9.53 Å². The lowest BCUT2D eigenvalue weighted by Crippen LogP contribution is -2.37. The van der Waals surface area contributed by atoms with Crippen LogP contribution in [0.3, 0.4) is 0 Å². The highest BCUT2D eigenvalue weighted by molar-refractivity contribution is 6.42. The Balaban J connectivity index is 0.00000289. The zero-order valence-electron chi connectivity index (χ0n) is 17.1. The largest absolute Gasteiger partial charge is 0.372 e. The Morgan fingerprint density at radius 2 is 2.00 bits per heavy atom. The second-order valence-electron chi connectivity index (χ2n) is 7.46. The average molecular weight is 498 g/mol. The molecule has 7 nitrogen and oxygen atoms in total. The Labute approximate surface area is 202 Å². The standard InChI is InChI=1S/C22H22Cl2N4O3.ClH/c23-17-6-5-13(9-18(17)24)21-14(11-25-7-8-31-21)12-26-22(30)16-4-2-1-3-15(16)19-10-20(29)28-27-19;/h1-6,9,14,21,25H,7-8,10-12H2,(H,26,30)(H,28,29);1H/t14-,21-;/m0./s1. The van der Waals surface area contributed by atoms with E-state index in [2.05, 4.69) is 21.2 Å². The average Bonchev–Trinajstić information content (AvgIpc) is 3.07. The smallest absolute Gasteiger partial charge is 0.251 e. The Kier molecular flexibility index (Phi) is 8.51. The number of amides is 2. The minimum absolute atomic E-state index is 0. The summed E-state index contributed by atoms with van der Waals surface area (Å²) in [6.45, 7) is 2.36. The maximum absolute atomic E-state index is 13.0. The summed E-state index contributed by atoms with van der Waals surface area (Å²) in [5.74, 6) is -0.422.